The minimum Gasteiger partial charge on any atom is -0.369 e. The van der Waals surface area contributed by atoms with E-state index < -0.39 is 12.1 Å². The molecule has 6 amide bonds. The highest BCUT2D eigenvalue weighted by atomic mass is 35.5. The van der Waals surface area contributed by atoms with Gasteiger partial charge in [0, 0.05) is 101 Å². The second-order valence-electron chi connectivity index (χ2n) is 13.0. The van der Waals surface area contributed by atoms with Gasteiger partial charge >= 0.3 is 0 Å². The van der Waals surface area contributed by atoms with E-state index in [4.69, 9.17) is 0 Å². The molecule has 4 N–H and O–H groups in total. The number of anilines is 2. The van der Waals surface area contributed by atoms with E-state index in [9.17, 15) is 28.8 Å². The van der Waals surface area contributed by atoms with E-state index in [1.807, 2.05) is 36.4 Å². The van der Waals surface area contributed by atoms with E-state index in [-0.39, 0.29) is 85.5 Å². The molecule has 2 atom stereocenters. The lowest BCUT2D eigenvalue weighted by Gasteiger charge is -2.30. The first-order valence-electron chi connectivity index (χ1n) is 16.7. The van der Waals surface area contributed by atoms with Crippen LogP contribution in [0.1, 0.15) is 57.5 Å². The lowest BCUT2D eigenvalue weighted by molar-refractivity contribution is -0.138. The monoisotopic (exact) mass is 764 g/mol. The van der Waals surface area contributed by atoms with Crippen molar-refractivity contribution in [1.29, 1.82) is 0 Å². The molecule has 0 bridgehead atoms. The van der Waals surface area contributed by atoms with Crippen molar-refractivity contribution in [3.63, 3.8) is 0 Å². The number of carbonyl (C=O) groups excluding carboxylic acids is 6. The molecule has 4 saturated heterocycles. The number of nitrogens with one attached hydrogen (secondary N) is 4. The quantitative estimate of drug-likeness (QED) is 0.330. The molecule has 17 heteroatoms. The Labute approximate surface area is 314 Å². The molecule has 0 radical (unpaired) electrons. The van der Waals surface area contributed by atoms with Crippen LogP contribution in [-0.4, -0.2) is 110 Å². The molecular formula is C34H43Cl3N8O6. The van der Waals surface area contributed by atoms with Crippen LogP contribution in [0.3, 0.4) is 0 Å². The number of piperidine rings is 2. The van der Waals surface area contributed by atoms with Gasteiger partial charge in [-0.3, -0.25) is 39.4 Å². The van der Waals surface area contributed by atoms with Crippen LogP contribution < -0.4 is 31.1 Å². The Kier molecular flexibility index (Phi) is 13.3. The molecule has 0 saturated carbocycles. The number of hydrogen-bond donors (Lipinski definition) is 4. The maximum absolute atomic E-state index is 12.8. The van der Waals surface area contributed by atoms with E-state index in [2.05, 4.69) is 31.1 Å². The van der Waals surface area contributed by atoms with Crippen LogP contribution in [0.15, 0.2) is 36.4 Å². The predicted octanol–water partition coefficient (Wildman–Crippen LogP) is 0.980. The summed E-state index contributed by atoms with van der Waals surface area (Å²) in [5, 5.41) is 11.3. The Hall–Kier alpha value is -3.95. The molecule has 4 fully saturated rings. The summed E-state index contributed by atoms with van der Waals surface area (Å²) in [5.74, 6) is -1.49. The minimum absolute atomic E-state index is 0. The zero-order valence-electron chi connectivity index (χ0n) is 28.0. The molecule has 8 rings (SSSR count). The van der Waals surface area contributed by atoms with Crippen LogP contribution in [0.2, 0.25) is 0 Å². The van der Waals surface area contributed by atoms with Crippen LogP contribution in [-0.2, 0) is 32.3 Å². The standard InChI is InChI=1S/2C17H20N4O3.3ClH/c2*22-15-4-3-14(16(23)19-15)21-10-11-1-2-12(9-13(11)17(21)24)20-7-5-18-6-8-20;;;/h2*1-2,9,14,18H,3-8,10H2,(H,19,22,23);3*1H. The first-order valence-corrected chi connectivity index (χ1v) is 16.7. The molecule has 2 unspecified atom stereocenters. The fourth-order valence-electron chi connectivity index (χ4n) is 7.32. The SMILES string of the molecule is Cl.Cl.Cl.O=C1CCC(N2Cc3ccc(N4CCNCC4)cc3C2=O)C(=O)N1.O=C1CCC(N2Cc3ccc(N4CCNCC4)cc3C2=O)C(=O)N1. The summed E-state index contributed by atoms with van der Waals surface area (Å²) in [4.78, 5) is 80.0. The van der Waals surface area contributed by atoms with Gasteiger partial charge in [-0.2, -0.15) is 0 Å². The summed E-state index contributed by atoms with van der Waals surface area (Å²) in [6.07, 6.45) is 1.36. The van der Waals surface area contributed by atoms with Gasteiger partial charge in [-0.05, 0) is 48.2 Å². The second kappa shape index (κ2) is 17.0. The summed E-state index contributed by atoms with van der Waals surface area (Å²) in [6, 6.07) is 10.8. The number of hydrogen-bond acceptors (Lipinski definition) is 10. The molecule has 2 aromatic rings. The highest BCUT2D eigenvalue weighted by molar-refractivity contribution is 6.06. The molecule has 2 aromatic carbocycles. The van der Waals surface area contributed by atoms with Gasteiger partial charge < -0.3 is 30.2 Å². The smallest absolute Gasteiger partial charge is 0.255 e. The van der Waals surface area contributed by atoms with Crippen LogP contribution in [0.25, 0.3) is 0 Å². The summed E-state index contributed by atoms with van der Waals surface area (Å²) in [5.41, 5.74) is 5.35. The number of carbonyl (C=O) groups is 6. The third-order valence-electron chi connectivity index (χ3n) is 9.99. The predicted molar refractivity (Wildman–Crippen MR) is 197 cm³/mol. The van der Waals surface area contributed by atoms with Crippen LogP contribution >= 0.6 is 37.2 Å². The average molecular weight is 766 g/mol. The van der Waals surface area contributed by atoms with E-state index in [1.165, 1.54) is 0 Å². The Bertz CT molecular complexity index is 1560. The Balaban J connectivity index is 0.000000216. The fraction of sp³-hybridized carbons (Fsp3) is 0.471. The first kappa shape index (κ1) is 39.8. The normalized spacial score (nSPS) is 22.7. The number of rotatable bonds is 4. The van der Waals surface area contributed by atoms with Gasteiger partial charge in [-0.1, -0.05) is 12.1 Å². The maximum atomic E-state index is 12.8. The summed E-state index contributed by atoms with van der Waals surface area (Å²) in [6.45, 7) is 8.30. The summed E-state index contributed by atoms with van der Waals surface area (Å²) in [7, 11) is 0. The number of imide groups is 2. The summed E-state index contributed by atoms with van der Waals surface area (Å²) < 4.78 is 0. The number of nitrogens with zero attached hydrogens (tertiary/aromatic N) is 4. The van der Waals surface area contributed by atoms with Crippen molar-refractivity contribution >= 4 is 84.0 Å². The van der Waals surface area contributed by atoms with Crippen molar-refractivity contribution in [2.75, 3.05) is 62.2 Å². The topological polar surface area (TPSA) is 163 Å². The molecule has 14 nitrogen and oxygen atoms in total. The molecule has 276 valence electrons. The second-order valence-corrected chi connectivity index (χ2v) is 13.0. The first-order chi connectivity index (χ1) is 23.3. The Morgan fingerprint density at radius 3 is 1.25 bits per heavy atom. The highest BCUT2D eigenvalue weighted by Crippen LogP contribution is 2.32. The largest absolute Gasteiger partial charge is 0.369 e. The van der Waals surface area contributed by atoms with Crippen molar-refractivity contribution in [3.05, 3.63) is 58.7 Å². The Morgan fingerprint density at radius 1 is 0.529 bits per heavy atom. The number of amides is 6. The van der Waals surface area contributed by atoms with Crippen molar-refractivity contribution in [3.8, 4) is 0 Å². The molecule has 51 heavy (non-hydrogen) atoms. The van der Waals surface area contributed by atoms with Gasteiger partial charge in [-0.15, -0.1) is 37.2 Å². The fourth-order valence-corrected chi connectivity index (χ4v) is 7.32. The molecule has 0 aliphatic carbocycles. The third kappa shape index (κ3) is 8.25. The molecule has 6 heterocycles. The van der Waals surface area contributed by atoms with Crippen LogP contribution in [0.5, 0.6) is 0 Å². The van der Waals surface area contributed by atoms with Crippen molar-refractivity contribution in [2.45, 2.75) is 50.9 Å². The zero-order chi connectivity index (χ0) is 33.4. The van der Waals surface area contributed by atoms with Gasteiger partial charge in [0.05, 0.1) is 0 Å². The molecular weight excluding hydrogens is 723 g/mol. The average Bonchev–Trinajstić information content (AvgIpc) is 3.61. The van der Waals surface area contributed by atoms with E-state index >= 15 is 0 Å². The maximum Gasteiger partial charge on any atom is 0.255 e. The van der Waals surface area contributed by atoms with Crippen LogP contribution in [0, 0.1) is 0 Å². The number of fused-ring (bicyclic) bond motifs is 2. The van der Waals surface area contributed by atoms with Gasteiger partial charge in [0.25, 0.3) is 11.8 Å². The molecule has 0 spiro atoms. The number of piperazine rings is 2. The zero-order valence-corrected chi connectivity index (χ0v) is 30.4. The van der Waals surface area contributed by atoms with E-state index in [0.29, 0.717) is 37.1 Å². The molecule has 0 aromatic heterocycles. The van der Waals surface area contributed by atoms with E-state index in [1.54, 1.807) is 9.80 Å². The van der Waals surface area contributed by atoms with Crippen molar-refractivity contribution in [1.82, 2.24) is 31.1 Å². The van der Waals surface area contributed by atoms with Gasteiger partial charge in [0.2, 0.25) is 23.6 Å². The number of benzene rings is 2. The molecule has 6 aliphatic rings. The van der Waals surface area contributed by atoms with Gasteiger partial charge in [0.15, 0.2) is 0 Å². The van der Waals surface area contributed by atoms with Crippen molar-refractivity contribution < 1.29 is 28.8 Å². The highest BCUT2D eigenvalue weighted by Gasteiger charge is 2.40. The van der Waals surface area contributed by atoms with Gasteiger partial charge in [0.1, 0.15) is 12.1 Å². The van der Waals surface area contributed by atoms with Gasteiger partial charge in [-0.25, -0.2) is 0 Å². The lowest BCUT2D eigenvalue weighted by Crippen LogP contribution is -2.52. The molecule has 6 aliphatic heterocycles. The van der Waals surface area contributed by atoms with Crippen molar-refractivity contribution in [2.24, 2.45) is 0 Å². The summed E-state index contributed by atoms with van der Waals surface area (Å²) >= 11 is 0. The lowest BCUT2D eigenvalue weighted by atomic mass is 10.0. The number of halogens is 3. The third-order valence-corrected chi connectivity index (χ3v) is 9.99. The minimum atomic E-state index is -0.551. The van der Waals surface area contributed by atoms with Crippen LogP contribution in [0.4, 0.5) is 11.4 Å². The van der Waals surface area contributed by atoms with E-state index in [0.717, 1.165) is 74.9 Å². The Morgan fingerprint density at radius 2 is 0.902 bits per heavy atom.